The zero-order valence-corrected chi connectivity index (χ0v) is 10.8. The fourth-order valence-corrected chi connectivity index (χ4v) is 1.71. The van der Waals surface area contributed by atoms with E-state index in [1.54, 1.807) is 0 Å². The van der Waals surface area contributed by atoms with Gasteiger partial charge in [-0.15, -0.1) is 0 Å². The molecule has 1 aliphatic rings. The number of carbonyl (C=O) groups excluding carboxylic acids is 1. The molecule has 1 fully saturated rings. The van der Waals surface area contributed by atoms with E-state index in [1.807, 2.05) is 0 Å². The van der Waals surface area contributed by atoms with E-state index in [4.69, 9.17) is 4.52 Å². The molecular formula is C12H12N4O4. The Morgan fingerprint density at radius 2 is 2.30 bits per heavy atom. The molecule has 104 valence electrons. The van der Waals surface area contributed by atoms with Gasteiger partial charge in [0, 0.05) is 12.0 Å². The minimum absolute atomic E-state index is 0.241. The van der Waals surface area contributed by atoms with E-state index >= 15 is 0 Å². The third kappa shape index (κ3) is 2.44. The molecule has 2 aromatic rings. The highest BCUT2D eigenvalue weighted by Gasteiger charge is 2.29. The van der Waals surface area contributed by atoms with Crippen molar-refractivity contribution in [3.63, 3.8) is 0 Å². The Labute approximate surface area is 113 Å². The van der Waals surface area contributed by atoms with Gasteiger partial charge in [-0.2, -0.15) is 10.1 Å². The van der Waals surface area contributed by atoms with Crippen molar-refractivity contribution >= 4 is 5.97 Å². The van der Waals surface area contributed by atoms with E-state index < -0.39 is 11.5 Å². The molecule has 20 heavy (non-hydrogen) atoms. The second-order valence-electron chi connectivity index (χ2n) is 4.52. The third-order valence-corrected chi connectivity index (χ3v) is 2.98. The quantitative estimate of drug-likeness (QED) is 0.742. The maximum atomic E-state index is 11.6. The van der Waals surface area contributed by atoms with Gasteiger partial charge in [-0.25, -0.2) is 4.68 Å². The zero-order valence-electron chi connectivity index (χ0n) is 10.8. The molecular weight excluding hydrogens is 264 g/mol. The monoisotopic (exact) mass is 276 g/mol. The summed E-state index contributed by atoms with van der Waals surface area (Å²) in [6, 6.07) is 2.78. The Morgan fingerprint density at radius 1 is 1.50 bits per heavy atom. The first-order chi connectivity index (χ1) is 9.67. The predicted molar refractivity (Wildman–Crippen MR) is 65.8 cm³/mol. The molecule has 1 saturated carbocycles. The third-order valence-electron chi connectivity index (χ3n) is 2.98. The smallest absolute Gasteiger partial charge is 0.327 e. The minimum atomic E-state index is -0.555. The van der Waals surface area contributed by atoms with Crippen LogP contribution in [0.1, 0.15) is 24.6 Å². The summed E-state index contributed by atoms with van der Waals surface area (Å²) in [5.41, 5.74) is -0.0472. The van der Waals surface area contributed by atoms with Gasteiger partial charge >= 0.3 is 5.97 Å². The summed E-state index contributed by atoms with van der Waals surface area (Å²) < 4.78 is 10.6. The van der Waals surface area contributed by atoms with Crippen molar-refractivity contribution in [2.45, 2.75) is 25.3 Å². The normalized spacial score (nSPS) is 14.2. The minimum Gasteiger partial charge on any atom is -0.468 e. The Balaban J connectivity index is 1.90. The number of esters is 1. The maximum absolute atomic E-state index is 11.6. The van der Waals surface area contributed by atoms with Gasteiger partial charge in [0.15, 0.2) is 5.82 Å². The van der Waals surface area contributed by atoms with Gasteiger partial charge in [0.25, 0.3) is 11.4 Å². The first-order valence-electron chi connectivity index (χ1n) is 6.16. The van der Waals surface area contributed by atoms with E-state index in [-0.39, 0.29) is 12.4 Å². The number of methoxy groups -OCH3 is 1. The molecule has 0 amide bonds. The summed E-state index contributed by atoms with van der Waals surface area (Å²) in [6.45, 7) is -0.257. The number of carbonyl (C=O) groups is 1. The number of nitrogens with zero attached hydrogens (tertiary/aromatic N) is 4. The molecule has 0 atom stereocenters. The highest BCUT2D eigenvalue weighted by atomic mass is 16.5. The largest absolute Gasteiger partial charge is 0.468 e. The molecule has 0 unspecified atom stereocenters. The van der Waals surface area contributed by atoms with Gasteiger partial charge in [-0.3, -0.25) is 9.59 Å². The molecule has 0 bridgehead atoms. The van der Waals surface area contributed by atoms with Crippen LogP contribution in [0.3, 0.4) is 0 Å². The number of ether oxygens (including phenoxy) is 1. The Morgan fingerprint density at radius 3 is 3.00 bits per heavy atom. The van der Waals surface area contributed by atoms with Crippen molar-refractivity contribution in [1.82, 2.24) is 19.9 Å². The van der Waals surface area contributed by atoms with Crippen LogP contribution in [0.15, 0.2) is 21.5 Å². The molecule has 1 aliphatic carbocycles. The fourth-order valence-electron chi connectivity index (χ4n) is 1.71. The lowest BCUT2D eigenvalue weighted by Crippen LogP contribution is -2.26. The Hall–Kier alpha value is -2.51. The Bertz CT molecular complexity index is 701. The van der Waals surface area contributed by atoms with Crippen LogP contribution >= 0.6 is 0 Å². The van der Waals surface area contributed by atoms with Crippen LogP contribution in [-0.2, 0) is 16.1 Å². The van der Waals surface area contributed by atoms with Gasteiger partial charge in [0.1, 0.15) is 12.2 Å². The molecule has 8 nitrogen and oxygen atoms in total. The molecule has 0 aliphatic heterocycles. The fraction of sp³-hybridized carbons (Fsp3) is 0.417. The average Bonchev–Trinajstić information content (AvgIpc) is 3.19. The van der Waals surface area contributed by atoms with Crippen LogP contribution in [0.4, 0.5) is 0 Å². The predicted octanol–water partition coefficient (Wildman–Crippen LogP) is 0.344. The van der Waals surface area contributed by atoms with Crippen LogP contribution in [0.5, 0.6) is 0 Å². The van der Waals surface area contributed by atoms with E-state index in [0.29, 0.717) is 17.4 Å². The molecule has 0 spiro atoms. The van der Waals surface area contributed by atoms with Crippen molar-refractivity contribution < 1.29 is 14.1 Å². The van der Waals surface area contributed by atoms with Gasteiger partial charge in [-0.1, -0.05) is 5.16 Å². The second kappa shape index (κ2) is 4.87. The SMILES string of the molecule is COC(=O)Cn1nc(-c2nc(C3CC3)no2)ccc1=O. The molecule has 3 rings (SSSR count). The lowest BCUT2D eigenvalue weighted by atomic mass is 10.3. The zero-order chi connectivity index (χ0) is 14.1. The number of aromatic nitrogens is 4. The highest BCUT2D eigenvalue weighted by molar-refractivity contribution is 5.68. The summed E-state index contributed by atoms with van der Waals surface area (Å²) in [5, 5.41) is 7.91. The average molecular weight is 276 g/mol. The standard InChI is InChI=1S/C12H12N4O4/c1-19-10(18)6-16-9(17)5-4-8(14-16)12-13-11(15-20-12)7-2-3-7/h4-5,7H,2-3,6H2,1H3. The van der Waals surface area contributed by atoms with E-state index in [9.17, 15) is 9.59 Å². The van der Waals surface area contributed by atoms with Gasteiger partial charge in [0.05, 0.1) is 7.11 Å². The van der Waals surface area contributed by atoms with Crippen molar-refractivity contribution in [3.05, 3.63) is 28.3 Å². The maximum Gasteiger partial charge on any atom is 0.327 e. The van der Waals surface area contributed by atoms with Crippen molar-refractivity contribution in [3.8, 4) is 11.6 Å². The van der Waals surface area contributed by atoms with Crippen LogP contribution in [0, 0.1) is 0 Å². The molecule has 0 radical (unpaired) electrons. The van der Waals surface area contributed by atoms with E-state index in [2.05, 4.69) is 20.0 Å². The lowest BCUT2D eigenvalue weighted by molar-refractivity contribution is -0.141. The van der Waals surface area contributed by atoms with Gasteiger partial charge < -0.3 is 9.26 Å². The number of hydrogen-bond acceptors (Lipinski definition) is 7. The van der Waals surface area contributed by atoms with Crippen LogP contribution < -0.4 is 5.56 Å². The van der Waals surface area contributed by atoms with Crippen molar-refractivity contribution in [1.29, 1.82) is 0 Å². The molecule has 0 N–H and O–H groups in total. The summed E-state index contributed by atoms with van der Waals surface area (Å²) >= 11 is 0. The molecule has 8 heteroatoms. The number of rotatable bonds is 4. The van der Waals surface area contributed by atoms with Crippen LogP contribution in [0.2, 0.25) is 0 Å². The molecule has 2 heterocycles. The summed E-state index contributed by atoms with van der Waals surface area (Å²) in [7, 11) is 1.25. The Kier molecular flexibility index (Phi) is 3.05. The van der Waals surface area contributed by atoms with E-state index in [0.717, 1.165) is 17.5 Å². The summed E-state index contributed by atoms with van der Waals surface area (Å²) in [5.74, 6) is 0.715. The number of hydrogen-bond donors (Lipinski definition) is 0. The second-order valence-corrected chi connectivity index (χ2v) is 4.52. The topological polar surface area (TPSA) is 100 Å². The highest BCUT2D eigenvalue weighted by Crippen LogP contribution is 2.38. The summed E-state index contributed by atoms with van der Waals surface area (Å²) in [4.78, 5) is 27.1. The van der Waals surface area contributed by atoms with Gasteiger partial charge in [0.2, 0.25) is 0 Å². The van der Waals surface area contributed by atoms with Crippen LogP contribution in [0.25, 0.3) is 11.6 Å². The molecule has 0 saturated heterocycles. The van der Waals surface area contributed by atoms with E-state index in [1.165, 1.54) is 19.2 Å². The molecule has 2 aromatic heterocycles. The summed E-state index contributed by atoms with van der Waals surface area (Å²) in [6.07, 6.45) is 2.13. The van der Waals surface area contributed by atoms with Crippen LogP contribution in [-0.4, -0.2) is 33.0 Å². The first-order valence-corrected chi connectivity index (χ1v) is 6.16. The van der Waals surface area contributed by atoms with Crippen molar-refractivity contribution in [2.24, 2.45) is 0 Å². The van der Waals surface area contributed by atoms with Crippen molar-refractivity contribution in [2.75, 3.05) is 7.11 Å². The van der Waals surface area contributed by atoms with Gasteiger partial charge in [-0.05, 0) is 18.9 Å². The molecule has 0 aromatic carbocycles. The lowest BCUT2D eigenvalue weighted by Gasteiger charge is -2.03. The first kappa shape index (κ1) is 12.5.